The van der Waals surface area contributed by atoms with Gasteiger partial charge in [-0.1, -0.05) is 78.9 Å². The summed E-state index contributed by atoms with van der Waals surface area (Å²) in [6.45, 7) is -0.339. The highest BCUT2D eigenvalue weighted by molar-refractivity contribution is 7.99. The third-order valence-corrected chi connectivity index (χ3v) is 7.38. The summed E-state index contributed by atoms with van der Waals surface area (Å²) in [7, 11) is 1.47. The fraction of sp³-hybridized carbons (Fsp3) is 0.241. The molecule has 10 heteroatoms. The lowest BCUT2D eigenvalue weighted by Crippen LogP contribution is -2.43. The maximum atomic E-state index is 12.5. The molecular formula is C29H28N2O7S. The predicted molar refractivity (Wildman–Crippen MR) is 147 cm³/mol. The number of alkyl carbamates (subject to hydrolysis) is 1. The Labute approximate surface area is 230 Å². The van der Waals surface area contributed by atoms with Gasteiger partial charge in [-0.3, -0.25) is 4.79 Å². The molecule has 0 aliphatic heterocycles. The molecule has 39 heavy (non-hydrogen) atoms. The molecule has 0 unspecified atom stereocenters. The van der Waals surface area contributed by atoms with Crippen molar-refractivity contribution >= 4 is 35.7 Å². The van der Waals surface area contributed by atoms with Crippen LogP contribution in [0.25, 0.3) is 11.1 Å². The van der Waals surface area contributed by atoms with Gasteiger partial charge in [0.1, 0.15) is 12.6 Å². The Hall–Kier alpha value is -4.31. The van der Waals surface area contributed by atoms with E-state index in [1.165, 1.54) is 11.9 Å². The van der Waals surface area contributed by atoms with Gasteiger partial charge in [-0.15, -0.1) is 11.8 Å². The molecule has 1 aliphatic rings. The molecule has 4 rings (SSSR count). The van der Waals surface area contributed by atoms with E-state index >= 15 is 0 Å². The van der Waals surface area contributed by atoms with Gasteiger partial charge in [0.2, 0.25) is 0 Å². The Morgan fingerprint density at radius 3 is 2.10 bits per heavy atom. The van der Waals surface area contributed by atoms with Crippen LogP contribution in [0.4, 0.5) is 9.59 Å². The smallest absolute Gasteiger partial charge is 0.410 e. The Bertz CT molecular complexity index is 1300. The number of nitrogens with one attached hydrogen (secondary N) is 1. The van der Waals surface area contributed by atoms with Crippen LogP contribution in [0, 0.1) is 0 Å². The minimum atomic E-state index is -1.23. The summed E-state index contributed by atoms with van der Waals surface area (Å²) in [4.78, 5) is 49.7. The second-order valence-electron chi connectivity index (χ2n) is 8.90. The van der Waals surface area contributed by atoms with Crippen molar-refractivity contribution in [1.82, 2.24) is 10.2 Å². The van der Waals surface area contributed by atoms with Gasteiger partial charge in [0.15, 0.2) is 12.4 Å². The zero-order valence-electron chi connectivity index (χ0n) is 21.2. The Kier molecular flexibility index (Phi) is 9.22. The SMILES string of the molecule is CN(CSC[C@H](NC(=O)OCC1c2ccccc2-c2ccccc21)C(=O)O)C(=O)OCC(=O)c1ccccc1. The van der Waals surface area contributed by atoms with E-state index in [1.807, 2.05) is 48.5 Å². The number of hydrogen-bond acceptors (Lipinski definition) is 7. The lowest BCUT2D eigenvalue weighted by atomic mass is 9.98. The minimum Gasteiger partial charge on any atom is -0.480 e. The summed E-state index contributed by atoms with van der Waals surface area (Å²) in [5.41, 5.74) is 4.73. The van der Waals surface area contributed by atoms with Crippen molar-refractivity contribution in [2.45, 2.75) is 12.0 Å². The van der Waals surface area contributed by atoms with Crippen LogP contribution in [0.15, 0.2) is 78.9 Å². The molecule has 2 amide bonds. The number of carboxylic acid groups (broad SMARTS) is 1. The maximum Gasteiger partial charge on any atom is 0.410 e. The van der Waals surface area contributed by atoms with E-state index in [-0.39, 0.29) is 29.9 Å². The average molecular weight is 549 g/mol. The molecule has 2 N–H and O–H groups in total. The van der Waals surface area contributed by atoms with Crippen LogP contribution in [-0.4, -0.2) is 71.9 Å². The second kappa shape index (κ2) is 13.0. The third kappa shape index (κ3) is 6.97. The first kappa shape index (κ1) is 27.7. The van der Waals surface area contributed by atoms with Gasteiger partial charge in [0.05, 0.1) is 5.88 Å². The van der Waals surface area contributed by atoms with Crippen molar-refractivity contribution in [2.24, 2.45) is 0 Å². The Morgan fingerprint density at radius 1 is 0.897 bits per heavy atom. The number of fused-ring (bicyclic) bond motifs is 3. The van der Waals surface area contributed by atoms with Gasteiger partial charge in [-0.25, -0.2) is 14.4 Å². The number of carboxylic acids is 1. The molecule has 3 aromatic carbocycles. The van der Waals surface area contributed by atoms with Crippen molar-refractivity contribution in [3.63, 3.8) is 0 Å². The number of Topliss-reactive ketones (excluding diaryl/α,β-unsaturated/α-hetero) is 1. The number of thioether (sulfide) groups is 1. The maximum absolute atomic E-state index is 12.5. The largest absolute Gasteiger partial charge is 0.480 e. The summed E-state index contributed by atoms with van der Waals surface area (Å²) in [5.74, 6) is -1.62. The Balaban J connectivity index is 1.22. The third-order valence-electron chi connectivity index (χ3n) is 6.24. The average Bonchev–Trinajstić information content (AvgIpc) is 3.28. The number of nitrogens with zero attached hydrogens (tertiary/aromatic N) is 1. The molecule has 1 atom stereocenters. The number of ether oxygens (including phenoxy) is 2. The quantitative estimate of drug-likeness (QED) is 0.263. The second-order valence-corrected chi connectivity index (χ2v) is 9.90. The zero-order chi connectivity index (χ0) is 27.8. The number of aliphatic carboxylic acids is 1. The van der Waals surface area contributed by atoms with Crippen molar-refractivity contribution in [1.29, 1.82) is 0 Å². The van der Waals surface area contributed by atoms with E-state index < -0.39 is 30.8 Å². The molecule has 0 spiro atoms. The molecule has 0 bridgehead atoms. The van der Waals surface area contributed by atoms with E-state index in [4.69, 9.17) is 9.47 Å². The predicted octanol–water partition coefficient (Wildman–Crippen LogP) is 4.62. The fourth-order valence-electron chi connectivity index (χ4n) is 4.26. The molecule has 0 fully saturated rings. The summed E-state index contributed by atoms with van der Waals surface area (Å²) in [6, 6.07) is 23.1. The van der Waals surface area contributed by atoms with Crippen LogP contribution in [0.1, 0.15) is 27.4 Å². The number of amides is 2. The molecule has 0 heterocycles. The van der Waals surface area contributed by atoms with Gasteiger partial charge >= 0.3 is 18.2 Å². The molecule has 0 aromatic heterocycles. The number of carbonyl (C=O) groups is 4. The van der Waals surface area contributed by atoms with Crippen molar-refractivity contribution in [3.8, 4) is 11.1 Å². The standard InChI is InChI=1S/C29H28N2O7S/c1-31(29(36)38-16-26(32)19-9-3-2-4-10-19)18-39-17-25(27(33)34)30-28(35)37-15-24-22-13-7-5-11-20(22)21-12-6-8-14-23(21)24/h2-14,24-25H,15-18H2,1H3,(H,30,35)(H,33,34)/t25-/m0/s1. The first-order valence-electron chi connectivity index (χ1n) is 12.2. The van der Waals surface area contributed by atoms with E-state index in [2.05, 4.69) is 5.32 Å². The number of carbonyl (C=O) groups excluding carboxylic acids is 3. The summed E-state index contributed by atoms with van der Waals surface area (Å²) >= 11 is 1.11. The first-order valence-corrected chi connectivity index (χ1v) is 13.4. The van der Waals surface area contributed by atoms with Crippen LogP contribution in [0.2, 0.25) is 0 Å². The van der Waals surface area contributed by atoms with Crippen LogP contribution >= 0.6 is 11.8 Å². The number of rotatable bonds is 11. The van der Waals surface area contributed by atoms with E-state index in [9.17, 15) is 24.3 Å². The van der Waals surface area contributed by atoms with Crippen LogP contribution in [0.5, 0.6) is 0 Å². The molecule has 0 saturated carbocycles. The highest BCUT2D eigenvalue weighted by Gasteiger charge is 2.30. The topological polar surface area (TPSA) is 122 Å². The van der Waals surface area contributed by atoms with Crippen LogP contribution in [-0.2, 0) is 14.3 Å². The monoisotopic (exact) mass is 548 g/mol. The molecule has 0 saturated heterocycles. The first-order chi connectivity index (χ1) is 18.8. The number of ketones is 1. The van der Waals surface area contributed by atoms with Gasteiger partial charge in [-0.05, 0) is 22.3 Å². The molecular weight excluding hydrogens is 520 g/mol. The molecule has 0 radical (unpaired) electrons. The summed E-state index contributed by atoms with van der Waals surface area (Å²) in [6.07, 6.45) is -1.56. The molecule has 202 valence electrons. The van der Waals surface area contributed by atoms with E-state index in [0.29, 0.717) is 5.56 Å². The van der Waals surface area contributed by atoms with E-state index in [0.717, 1.165) is 34.0 Å². The highest BCUT2D eigenvalue weighted by atomic mass is 32.2. The zero-order valence-corrected chi connectivity index (χ0v) is 22.1. The number of hydrogen-bond donors (Lipinski definition) is 2. The van der Waals surface area contributed by atoms with Crippen molar-refractivity contribution in [2.75, 3.05) is 31.9 Å². The van der Waals surface area contributed by atoms with Gasteiger partial charge in [0, 0.05) is 24.3 Å². The highest BCUT2D eigenvalue weighted by Crippen LogP contribution is 2.44. The molecule has 3 aromatic rings. The van der Waals surface area contributed by atoms with Crippen LogP contribution in [0.3, 0.4) is 0 Å². The van der Waals surface area contributed by atoms with Crippen molar-refractivity contribution in [3.05, 3.63) is 95.6 Å². The summed E-state index contributed by atoms with van der Waals surface area (Å²) in [5, 5.41) is 12.0. The van der Waals surface area contributed by atoms with Crippen molar-refractivity contribution < 1.29 is 33.8 Å². The van der Waals surface area contributed by atoms with E-state index in [1.54, 1.807) is 30.3 Å². The van der Waals surface area contributed by atoms with Gasteiger partial charge < -0.3 is 24.8 Å². The Morgan fingerprint density at radius 2 is 1.49 bits per heavy atom. The molecule has 9 nitrogen and oxygen atoms in total. The number of benzene rings is 3. The molecule has 1 aliphatic carbocycles. The lowest BCUT2D eigenvalue weighted by molar-refractivity contribution is -0.138. The summed E-state index contributed by atoms with van der Waals surface area (Å²) < 4.78 is 10.5. The normalized spacial score (nSPS) is 12.5. The van der Waals surface area contributed by atoms with Gasteiger partial charge in [0.25, 0.3) is 0 Å². The lowest BCUT2D eigenvalue weighted by Gasteiger charge is -2.19. The van der Waals surface area contributed by atoms with Crippen LogP contribution < -0.4 is 5.32 Å². The van der Waals surface area contributed by atoms with Gasteiger partial charge in [-0.2, -0.15) is 0 Å². The minimum absolute atomic E-state index is 0.0138. The fourth-order valence-corrected chi connectivity index (χ4v) is 5.21.